The van der Waals surface area contributed by atoms with Gasteiger partial charge in [-0.2, -0.15) is 0 Å². The van der Waals surface area contributed by atoms with Crippen LogP contribution in [0.4, 0.5) is 0 Å². The van der Waals surface area contributed by atoms with Crippen LogP contribution in [0.25, 0.3) is 0 Å². The molecule has 0 N–H and O–H groups in total. The van der Waals surface area contributed by atoms with E-state index in [1.165, 1.54) is 4.31 Å². The highest BCUT2D eigenvalue weighted by Gasteiger charge is 2.43. The third-order valence-electron chi connectivity index (χ3n) is 5.85. The van der Waals surface area contributed by atoms with Crippen molar-refractivity contribution in [3.8, 4) is 0 Å². The van der Waals surface area contributed by atoms with Crippen LogP contribution in [0.5, 0.6) is 0 Å². The first-order valence-electron chi connectivity index (χ1n) is 11.1. The molecule has 5 nitrogen and oxygen atoms in total. The molecule has 0 aromatic heterocycles. The lowest BCUT2D eigenvalue weighted by Gasteiger charge is -2.32. The Kier molecular flexibility index (Phi) is 7.97. The van der Waals surface area contributed by atoms with Crippen LogP contribution in [0.1, 0.15) is 37.7 Å². The average molecular weight is 486 g/mol. The minimum absolute atomic E-state index is 0.150. The van der Waals surface area contributed by atoms with E-state index in [-0.39, 0.29) is 9.79 Å². The summed E-state index contributed by atoms with van der Waals surface area (Å²) in [5.41, 5.74) is 1.28. The molecule has 0 saturated heterocycles. The minimum atomic E-state index is -3.96. The quantitative estimate of drug-likeness (QED) is 0.315. The van der Waals surface area contributed by atoms with E-state index < -0.39 is 31.2 Å². The van der Waals surface area contributed by atoms with E-state index in [4.69, 9.17) is 0 Å². The number of sulfonamides is 1. The van der Waals surface area contributed by atoms with Crippen molar-refractivity contribution >= 4 is 19.9 Å². The zero-order valence-electron chi connectivity index (χ0n) is 18.9. The Bertz CT molecular complexity index is 1210. The van der Waals surface area contributed by atoms with Gasteiger partial charge in [-0.05, 0) is 63.3 Å². The fraction of sp³-hybridized carbons (Fsp3) is 0.308. The second-order valence-electron chi connectivity index (χ2n) is 8.22. The molecule has 3 rings (SSSR count). The lowest BCUT2D eigenvalue weighted by molar-refractivity contribution is 0.393. The molecule has 0 saturated carbocycles. The minimum Gasteiger partial charge on any atom is -0.265 e. The summed E-state index contributed by atoms with van der Waals surface area (Å²) in [5.74, 6) is 0. The third-order valence-corrected chi connectivity index (χ3v) is 9.90. The second kappa shape index (κ2) is 10.5. The number of hydrogen-bond donors (Lipinski definition) is 0. The second-order valence-corrected chi connectivity index (χ2v) is 12.2. The molecule has 1 heterocycles. The van der Waals surface area contributed by atoms with Gasteiger partial charge in [-0.1, -0.05) is 54.1 Å². The number of aryl methyl sites for hydroxylation is 1. The van der Waals surface area contributed by atoms with E-state index in [0.29, 0.717) is 37.8 Å². The summed E-state index contributed by atoms with van der Waals surface area (Å²) in [4.78, 5) is 0.339. The smallest absolute Gasteiger partial charge is 0.264 e. The lowest BCUT2D eigenvalue weighted by Crippen LogP contribution is -2.41. The zero-order chi connectivity index (χ0) is 24.1. The Labute approximate surface area is 198 Å². The number of sulfone groups is 1. The van der Waals surface area contributed by atoms with Gasteiger partial charge in [0.25, 0.3) is 10.0 Å². The molecule has 0 fully saturated rings. The zero-order valence-corrected chi connectivity index (χ0v) is 20.6. The Balaban J connectivity index is 2.11. The number of rotatable bonds is 11. The average Bonchev–Trinajstić information content (AvgIpc) is 3.21. The first-order chi connectivity index (χ1) is 15.7. The molecule has 2 aromatic rings. The summed E-state index contributed by atoms with van der Waals surface area (Å²) in [5, 5.41) is -0.977. The fourth-order valence-electron chi connectivity index (χ4n) is 4.15. The van der Waals surface area contributed by atoms with Crippen LogP contribution in [-0.4, -0.2) is 32.4 Å². The molecular formula is C26H31NO4S2. The Morgan fingerprint density at radius 2 is 1.64 bits per heavy atom. The fourth-order valence-corrected chi connectivity index (χ4v) is 7.84. The van der Waals surface area contributed by atoms with Crippen molar-refractivity contribution < 1.29 is 16.8 Å². The van der Waals surface area contributed by atoms with Gasteiger partial charge in [0, 0.05) is 5.70 Å². The molecule has 176 valence electrons. The Morgan fingerprint density at radius 1 is 0.970 bits per heavy atom. The predicted molar refractivity (Wildman–Crippen MR) is 133 cm³/mol. The van der Waals surface area contributed by atoms with Crippen LogP contribution in [0, 0.1) is 6.92 Å². The number of benzene rings is 2. The van der Waals surface area contributed by atoms with E-state index in [9.17, 15) is 16.8 Å². The topological polar surface area (TPSA) is 71.5 Å². The summed E-state index contributed by atoms with van der Waals surface area (Å²) in [6.45, 7) is 9.40. The maximum atomic E-state index is 13.8. The normalized spacial score (nSPS) is 17.4. The summed E-state index contributed by atoms with van der Waals surface area (Å²) >= 11 is 0. The molecule has 2 atom stereocenters. The molecule has 0 amide bonds. The van der Waals surface area contributed by atoms with E-state index in [2.05, 4.69) is 13.2 Å². The molecule has 0 aliphatic carbocycles. The third kappa shape index (κ3) is 5.31. The molecule has 1 aliphatic rings. The van der Waals surface area contributed by atoms with Gasteiger partial charge in [0.2, 0.25) is 0 Å². The van der Waals surface area contributed by atoms with E-state index >= 15 is 0 Å². The standard InChI is InChI=1S/C26H31NO4S2/c1-4-6-8-14-26(32(28,29)23-12-9-7-10-13-23)25-20-17-22(11-5-2)27(25)33(30,31)24-18-15-21(3)16-19-24/h4-5,7,9-10,12-13,15-16,18-20,22,26H,1-2,6,8,11,14,17H2,3H3/t22-,26-/m0/s1. The predicted octanol–water partition coefficient (Wildman–Crippen LogP) is 5.42. The largest absolute Gasteiger partial charge is 0.265 e. The van der Waals surface area contributed by atoms with E-state index in [1.807, 2.05) is 6.92 Å². The van der Waals surface area contributed by atoms with Gasteiger partial charge in [0.1, 0.15) is 5.25 Å². The van der Waals surface area contributed by atoms with Crippen LogP contribution in [0.3, 0.4) is 0 Å². The SMILES string of the molecule is C=CCCC[C@@H](C1=CC[C@H](CC=C)N1S(=O)(=O)c1ccc(C)cc1)S(=O)(=O)c1ccccc1. The number of unbranched alkanes of at least 4 members (excludes halogenated alkanes) is 1. The molecule has 0 bridgehead atoms. The highest BCUT2D eigenvalue weighted by molar-refractivity contribution is 7.92. The molecule has 0 spiro atoms. The van der Waals surface area contributed by atoms with Crippen molar-refractivity contribution in [2.24, 2.45) is 0 Å². The monoisotopic (exact) mass is 485 g/mol. The van der Waals surface area contributed by atoms with Crippen molar-refractivity contribution in [3.05, 3.63) is 97.2 Å². The van der Waals surface area contributed by atoms with Crippen molar-refractivity contribution in [3.63, 3.8) is 0 Å². The maximum Gasteiger partial charge on any atom is 0.264 e. The van der Waals surface area contributed by atoms with Crippen LogP contribution >= 0.6 is 0 Å². The summed E-state index contributed by atoms with van der Waals surface area (Å²) in [7, 11) is -7.78. The molecule has 1 aliphatic heterocycles. The van der Waals surface area contributed by atoms with Crippen molar-refractivity contribution in [1.82, 2.24) is 4.31 Å². The first kappa shape index (κ1) is 25.0. The van der Waals surface area contributed by atoms with Crippen molar-refractivity contribution in [2.45, 2.75) is 60.1 Å². The van der Waals surface area contributed by atoms with Crippen molar-refractivity contribution in [1.29, 1.82) is 0 Å². The number of nitrogens with zero attached hydrogens (tertiary/aromatic N) is 1. The number of hydrogen-bond acceptors (Lipinski definition) is 4. The van der Waals surface area contributed by atoms with Gasteiger partial charge in [0.05, 0.1) is 15.8 Å². The Hall–Kier alpha value is -2.64. The van der Waals surface area contributed by atoms with Crippen LogP contribution in [0.15, 0.2) is 101 Å². The van der Waals surface area contributed by atoms with Crippen LogP contribution in [0.2, 0.25) is 0 Å². The molecule has 0 radical (unpaired) electrons. The lowest BCUT2D eigenvalue weighted by atomic mass is 10.1. The summed E-state index contributed by atoms with van der Waals surface area (Å²) in [6, 6.07) is 14.5. The van der Waals surface area contributed by atoms with Gasteiger partial charge < -0.3 is 0 Å². The molecule has 2 aromatic carbocycles. The van der Waals surface area contributed by atoms with Crippen molar-refractivity contribution in [2.75, 3.05) is 0 Å². The maximum absolute atomic E-state index is 13.8. The molecule has 33 heavy (non-hydrogen) atoms. The summed E-state index contributed by atoms with van der Waals surface area (Å²) < 4.78 is 56.3. The molecule has 7 heteroatoms. The van der Waals surface area contributed by atoms with Gasteiger partial charge in [0.15, 0.2) is 9.84 Å². The van der Waals surface area contributed by atoms with Gasteiger partial charge in [-0.15, -0.1) is 13.2 Å². The van der Waals surface area contributed by atoms with E-state index in [0.717, 1.165) is 5.56 Å². The van der Waals surface area contributed by atoms with Gasteiger partial charge >= 0.3 is 0 Å². The highest BCUT2D eigenvalue weighted by Crippen LogP contribution is 2.38. The van der Waals surface area contributed by atoms with Crippen LogP contribution in [-0.2, 0) is 19.9 Å². The van der Waals surface area contributed by atoms with Gasteiger partial charge in [-0.25, -0.2) is 16.8 Å². The first-order valence-corrected chi connectivity index (χ1v) is 14.0. The van der Waals surface area contributed by atoms with E-state index in [1.54, 1.807) is 72.8 Å². The van der Waals surface area contributed by atoms with Gasteiger partial charge in [-0.3, -0.25) is 4.31 Å². The number of allylic oxidation sites excluding steroid dienone is 1. The molecule has 0 unspecified atom stereocenters. The Morgan fingerprint density at radius 3 is 2.24 bits per heavy atom. The summed E-state index contributed by atoms with van der Waals surface area (Å²) in [6.07, 6.45) is 7.60. The molecular weight excluding hydrogens is 454 g/mol. The highest BCUT2D eigenvalue weighted by atomic mass is 32.2. The van der Waals surface area contributed by atoms with Crippen LogP contribution < -0.4 is 0 Å².